The van der Waals surface area contributed by atoms with E-state index in [1.54, 1.807) is 0 Å². The lowest BCUT2D eigenvalue weighted by Crippen LogP contribution is -2.49. The monoisotopic (exact) mass is 674 g/mol. The van der Waals surface area contributed by atoms with Crippen LogP contribution in [0.25, 0.3) is 0 Å². The zero-order chi connectivity index (χ0) is 33.5. The zero-order valence-electron chi connectivity index (χ0n) is 28.1. The normalized spacial score (nSPS) is 30.0. The molecule has 1 aromatic carbocycles. The van der Waals surface area contributed by atoms with Crippen LogP contribution in [-0.2, 0) is 13.9 Å². The SMILES string of the molecule is C=C1CC2(CCC2)C[C@H](O[Si](C)(C)C(C)(C)C)/C1=C1/C(=C(\C)C(C)C)[C@@H](c2ccc(S(F)(F)(F)(F)F)cc2)OC12CCOCC2. The molecule has 1 aromatic rings. The molecule has 2 aliphatic heterocycles. The fraction of sp³-hybridized carbons (Fsp3) is 0.657. The van der Waals surface area contributed by atoms with E-state index in [4.69, 9.17) is 20.5 Å². The van der Waals surface area contributed by atoms with E-state index in [0.29, 0.717) is 43.8 Å². The number of halogens is 5. The molecule has 2 spiro atoms. The molecule has 45 heavy (non-hydrogen) atoms. The molecule has 0 amide bonds. The van der Waals surface area contributed by atoms with Crippen LogP contribution in [0.5, 0.6) is 0 Å². The van der Waals surface area contributed by atoms with Gasteiger partial charge in [-0.2, -0.15) is 0 Å². The van der Waals surface area contributed by atoms with E-state index in [2.05, 4.69) is 54.6 Å². The van der Waals surface area contributed by atoms with Gasteiger partial charge in [-0.3, -0.25) is 0 Å². The van der Waals surface area contributed by atoms with Crippen molar-refractivity contribution in [3.63, 3.8) is 0 Å². The fourth-order valence-corrected chi connectivity index (χ4v) is 9.32. The van der Waals surface area contributed by atoms with Crippen molar-refractivity contribution in [2.45, 2.75) is 127 Å². The smallest absolute Gasteiger partial charge is 0.310 e. The van der Waals surface area contributed by atoms with E-state index < -0.39 is 35.1 Å². The Morgan fingerprint density at radius 3 is 2.04 bits per heavy atom. The van der Waals surface area contributed by atoms with Crippen molar-refractivity contribution in [2.75, 3.05) is 13.2 Å². The first-order valence-corrected chi connectivity index (χ1v) is 21.2. The highest BCUT2D eigenvalue weighted by Gasteiger charge is 2.65. The largest absolute Gasteiger partial charge is 0.410 e. The maximum absolute atomic E-state index is 13.7. The van der Waals surface area contributed by atoms with Gasteiger partial charge in [0.15, 0.2) is 8.32 Å². The molecule has 4 aliphatic rings. The van der Waals surface area contributed by atoms with Crippen molar-refractivity contribution < 1.29 is 33.3 Å². The minimum Gasteiger partial charge on any atom is -0.410 e. The summed E-state index contributed by atoms with van der Waals surface area (Å²) in [5, 5.41) is -0.0173. The number of benzene rings is 1. The third-order valence-corrected chi connectivity index (χ3v) is 17.0. The number of hydrogen-bond donors (Lipinski definition) is 0. The molecule has 0 radical (unpaired) electrons. The van der Waals surface area contributed by atoms with Crippen LogP contribution in [0.3, 0.4) is 0 Å². The van der Waals surface area contributed by atoms with Crippen LogP contribution in [0.4, 0.5) is 19.4 Å². The molecular formula is C35H51F5O3SSi. The third-order valence-electron chi connectivity index (χ3n) is 11.4. The van der Waals surface area contributed by atoms with Gasteiger partial charge in [0.25, 0.3) is 0 Å². The quantitative estimate of drug-likeness (QED) is 0.230. The Morgan fingerprint density at radius 2 is 1.58 bits per heavy atom. The number of hydrogen-bond acceptors (Lipinski definition) is 3. The van der Waals surface area contributed by atoms with Gasteiger partial charge in [0, 0.05) is 26.1 Å². The molecule has 0 aromatic heterocycles. The predicted molar refractivity (Wildman–Crippen MR) is 176 cm³/mol. The van der Waals surface area contributed by atoms with Gasteiger partial charge < -0.3 is 13.9 Å². The summed E-state index contributed by atoms with van der Waals surface area (Å²) in [5.41, 5.74) is 5.01. The first kappa shape index (κ1) is 34.9. The van der Waals surface area contributed by atoms with E-state index in [0.717, 1.165) is 65.7 Å². The fourth-order valence-electron chi connectivity index (χ4n) is 7.40. The number of rotatable bonds is 5. The maximum atomic E-state index is 13.7. The maximum Gasteiger partial charge on any atom is 0.310 e. The van der Waals surface area contributed by atoms with E-state index in [1.165, 1.54) is 6.42 Å². The lowest BCUT2D eigenvalue weighted by Gasteiger charge is -2.52. The molecule has 10 heteroatoms. The second kappa shape index (κ2) is 10.5. The van der Waals surface area contributed by atoms with Gasteiger partial charge in [-0.25, -0.2) is 0 Å². The van der Waals surface area contributed by atoms with Crippen LogP contribution < -0.4 is 0 Å². The molecule has 0 bridgehead atoms. The summed E-state index contributed by atoms with van der Waals surface area (Å²) >= 11 is 0. The molecule has 2 atom stereocenters. The molecule has 2 heterocycles. The van der Waals surface area contributed by atoms with E-state index in [1.807, 2.05) is 0 Å². The first-order chi connectivity index (χ1) is 20.4. The summed E-state index contributed by atoms with van der Waals surface area (Å²) in [5.74, 6) is 0.107. The summed E-state index contributed by atoms with van der Waals surface area (Å²) in [7, 11) is -12.1. The molecule has 0 N–H and O–H groups in total. The van der Waals surface area contributed by atoms with Crippen molar-refractivity contribution in [1.29, 1.82) is 0 Å². The van der Waals surface area contributed by atoms with Crippen molar-refractivity contribution in [2.24, 2.45) is 11.3 Å². The van der Waals surface area contributed by atoms with Crippen LogP contribution >= 0.6 is 10.2 Å². The molecule has 5 rings (SSSR count). The predicted octanol–water partition coefficient (Wildman–Crippen LogP) is 12.1. The lowest BCUT2D eigenvalue weighted by molar-refractivity contribution is -0.0890. The van der Waals surface area contributed by atoms with Gasteiger partial charge in [0.1, 0.15) is 11.0 Å². The van der Waals surface area contributed by atoms with Crippen molar-refractivity contribution in [3.8, 4) is 0 Å². The molecule has 2 saturated heterocycles. The van der Waals surface area contributed by atoms with Gasteiger partial charge in [0.2, 0.25) is 0 Å². The Morgan fingerprint density at radius 1 is 1.00 bits per heavy atom. The minimum atomic E-state index is -9.83. The van der Waals surface area contributed by atoms with Crippen molar-refractivity contribution in [3.05, 3.63) is 64.3 Å². The third kappa shape index (κ3) is 6.52. The van der Waals surface area contributed by atoms with Crippen LogP contribution in [-0.4, -0.2) is 33.2 Å². The van der Waals surface area contributed by atoms with Crippen LogP contribution in [0.1, 0.15) is 98.2 Å². The van der Waals surface area contributed by atoms with Gasteiger partial charge in [-0.1, -0.05) is 84.8 Å². The molecule has 2 aliphatic carbocycles. The summed E-state index contributed by atoms with van der Waals surface area (Å²) in [6, 6.07) is 3.34. The molecule has 2 saturated carbocycles. The van der Waals surface area contributed by atoms with Crippen molar-refractivity contribution >= 4 is 18.5 Å². The zero-order valence-corrected chi connectivity index (χ0v) is 30.0. The average molecular weight is 675 g/mol. The highest BCUT2D eigenvalue weighted by Crippen LogP contribution is 3.02. The molecular weight excluding hydrogens is 624 g/mol. The summed E-state index contributed by atoms with van der Waals surface area (Å²) in [6.07, 6.45) is 5.53. The summed E-state index contributed by atoms with van der Waals surface area (Å²) < 4.78 is 88.6. The molecule has 3 nitrogen and oxygen atoms in total. The molecule has 254 valence electrons. The molecule has 0 unspecified atom stereocenters. The van der Waals surface area contributed by atoms with Gasteiger partial charge >= 0.3 is 10.2 Å². The van der Waals surface area contributed by atoms with Gasteiger partial charge in [-0.05, 0) is 102 Å². The molecule has 4 fully saturated rings. The number of allylic oxidation sites excluding steroid dienone is 1. The summed E-state index contributed by atoms with van der Waals surface area (Å²) in [6.45, 7) is 23.1. The van der Waals surface area contributed by atoms with E-state index >= 15 is 0 Å². The Kier molecular flexibility index (Phi) is 8.15. The Labute approximate surface area is 267 Å². The van der Waals surface area contributed by atoms with Gasteiger partial charge in [0.05, 0.1) is 11.7 Å². The lowest BCUT2D eigenvalue weighted by atomic mass is 9.57. The standard InChI is InChI=1S/C35H51F5O3SSi/c1-23(2)25(4)30-31(29-24(3)21-34(15-10-16-34)22-28(29)43-45(8,9)33(5,6)7)35(17-19-41-20-18-35)42-32(30)26-11-13-27(14-12-26)44(36,37,38,39)40/h11-14,23,28,32H,3,10,15-22H2,1-2,4-9H3/b30-25-,31-29-/t28-,32+/m0/s1. The Balaban J connectivity index is 1.75. The van der Waals surface area contributed by atoms with E-state index in [9.17, 15) is 19.4 Å². The number of ether oxygens (including phenoxy) is 2. The van der Waals surface area contributed by atoms with Crippen LogP contribution in [0.15, 0.2) is 63.6 Å². The highest BCUT2D eigenvalue weighted by atomic mass is 32.5. The van der Waals surface area contributed by atoms with Crippen LogP contribution in [0.2, 0.25) is 18.1 Å². The van der Waals surface area contributed by atoms with Crippen molar-refractivity contribution in [1.82, 2.24) is 0 Å². The second-order valence-corrected chi connectivity index (χ2v) is 23.1. The Hall–Kier alpha value is -1.46. The average Bonchev–Trinajstić information content (AvgIpc) is 3.18. The second-order valence-electron chi connectivity index (χ2n) is 15.9. The van der Waals surface area contributed by atoms with Crippen LogP contribution in [0, 0.1) is 11.3 Å². The minimum absolute atomic E-state index is 0.0173. The Bertz CT molecular complexity index is 1410. The summed E-state index contributed by atoms with van der Waals surface area (Å²) in [4.78, 5) is -1.89. The topological polar surface area (TPSA) is 27.7 Å². The van der Waals surface area contributed by atoms with E-state index in [-0.39, 0.29) is 22.5 Å². The first-order valence-electron chi connectivity index (χ1n) is 16.3. The highest BCUT2D eigenvalue weighted by molar-refractivity contribution is 8.45. The van der Waals surface area contributed by atoms with Gasteiger partial charge in [-0.15, -0.1) is 0 Å².